The van der Waals surface area contributed by atoms with E-state index in [1.54, 1.807) is 31.4 Å². The maximum absolute atomic E-state index is 12.5. The molecule has 0 aliphatic carbocycles. The van der Waals surface area contributed by atoms with E-state index in [0.717, 1.165) is 18.8 Å². The van der Waals surface area contributed by atoms with Crippen LogP contribution in [0, 0.1) is 5.92 Å². The summed E-state index contributed by atoms with van der Waals surface area (Å²) in [6.07, 6.45) is 0. The predicted molar refractivity (Wildman–Crippen MR) is 139 cm³/mol. The highest BCUT2D eigenvalue weighted by Gasteiger charge is 2.24. The Balaban J connectivity index is 1.58. The SMILES string of the molecule is COc1ccc(C(=O)NC(=S)Nc2ccc(N3CCN(C(=O)C(C)C)CC3)c(Cl)c2)cc1Br. The molecule has 0 radical (unpaired) electrons. The van der Waals surface area contributed by atoms with E-state index < -0.39 is 0 Å². The molecule has 2 aromatic rings. The third-order valence-corrected chi connectivity index (χ3v) is 6.40. The van der Waals surface area contributed by atoms with Crippen molar-refractivity contribution in [2.45, 2.75) is 13.8 Å². The first kappa shape index (κ1) is 25.3. The molecule has 0 bridgehead atoms. The van der Waals surface area contributed by atoms with Gasteiger partial charge >= 0.3 is 0 Å². The number of carbonyl (C=O) groups is 2. The number of thiocarbonyl (C=S) groups is 1. The number of methoxy groups -OCH3 is 1. The second-order valence-corrected chi connectivity index (χ2v) is 9.56. The molecule has 3 rings (SSSR count). The summed E-state index contributed by atoms with van der Waals surface area (Å²) >= 11 is 15.2. The van der Waals surface area contributed by atoms with Crippen LogP contribution in [0.4, 0.5) is 11.4 Å². The minimum atomic E-state index is -0.340. The van der Waals surface area contributed by atoms with Crippen molar-refractivity contribution in [3.05, 3.63) is 51.5 Å². The van der Waals surface area contributed by atoms with Crippen LogP contribution >= 0.6 is 39.7 Å². The van der Waals surface area contributed by atoms with Crippen molar-refractivity contribution in [2.24, 2.45) is 5.92 Å². The van der Waals surface area contributed by atoms with E-state index in [1.165, 1.54) is 0 Å². The summed E-state index contributed by atoms with van der Waals surface area (Å²) in [6.45, 7) is 6.61. The summed E-state index contributed by atoms with van der Waals surface area (Å²) in [4.78, 5) is 28.7. The maximum Gasteiger partial charge on any atom is 0.257 e. The summed E-state index contributed by atoms with van der Waals surface area (Å²) in [5.41, 5.74) is 2.01. The number of ether oxygens (including phenoxy) is 1. The molecule has 0 unspecified atom stereocenters. The molecule has 10 heteroatoms. The van der Waals surface area contributed by atoms with Crippen molar-refractivity contribution in [3.8, 4) is 5.75 Å². The number of anilines is 2. The summed E-state index contributed by atoms with van der Waals surface area (Å²) < 4.78 is 5.85. The van der Waals surface area contributed by atoms with Crippen LogP contribution in [-0.4, -0.2) is 55.1 Å². The van der Waals surface area contributed by atoms with Crippen LogP contribution in [0.5, 0.6) is 5.75 Å². The van der Waals surface area contributed by atoms with E-state index in [9.17, 15) is 9.59 Å². The fraction of sp³-hybridized carbons (Fsp3) is 0.348. The molecule has 0 atom stereocenters. The first-order chi connectivity index (χ1) is 15.7. The molecule has 1 saturated heterocycles. The van der Waals surface area contributed by atoms with Gasteiger partial charge in [-0.2, -0.15) is 0 Å². The molecular formula is C23H26BrClN4O3S. The number of rotatable bonds is 5. The van der Waals surface area contributed by atoms with E-state index in [0.29, 0.717) is 39.6 Å². The zero-order chi connectivity index (χ0) is 24.1. The van der Waals surface area contributed by atoms with Crippen molar-refractivity contribution in [3.63, 3.8) is 0 Å². The Morgan fingerprint density at radius 1 is 1.12 bits per heavy atom. The molecule has 1 aliphatic heterocycles. The summed E-state index contributed by atoms with van der Waals surface area (Å²) in [5, 5.41) is 6.38. The highest BCUT2D eigenvalue weighted by atomic mass is 79.9. The standard InChI is InChI=1S/C23H26BrClN4O3S/c1-14(2)22(31)29-10-8-28(9-11-29)19-6-5-16(13-18(19)25)26-23(33)27-21(30)15-4-7-20(32-3)17(24)12-15/h4-7,12-14H,8-11H2,1-3H3,(H2,26,27,30,33). The molecule has 0 saturated carbocycles. The molecule has 176 valence electrons. The van der Waals surface area contributed by atoms with E-state index in [4.69, 9.17) is 28.6 Å². The Hall–Kier alpha value is -2.36. The van der Waals surface area contributed by atoms with E-state index >= 15 is 0 Å². The largest absolute Gasteiger partial charge is 0.496 e. The third-order valence-electron chi connectivity index (χ3n) is 5.27. The lowest BCUT2D eigenvalue weighted by molar-refractivity contribution is -0.134. The van der Waals surface area contributed by atoms with Crippen LogP contribution in [0.1, 0.15) is 24.2 Å². The van der Waals surface area contributed by atoms with Gasteiger partial charge in [-0.05, 0) is 64.5 Å². The monoisotopic (exact) mass is 552 g/mol. The van der Waals surface area contributed by atoms with Gasteiger partial charge in [-0.15, -0.1) is 0 Å². The van der Waals surface area contributed by atoms with Gasteiger partial charge in [-0.25, -0.2) is 0 Å². The minimum Gasteiger partial charge on any atom is -0.496 e. The van der Waals surface area contributed by atoms with E-state index in [-0.39, 0.29) is 22.8 Å². The molecule has 1 heterocycles. The van der Waals surface area contributed by atoms with Gasteiger partial charge in [0.2, 0.25) is 5.91 Å². The molecule has 2 amide bonds. The normalized spacial score (nSPS) is 13.6. The highest BCUT2D eigenvalue weighted by molar-refractivity contribution is 9.10. The van der Waals surface area contributed by atoms with Crippen LogP contribution in [0.2, 0.25) is 5.02 Å². The zero-order valence-corrected chi connectivity index (χ0v) is 21.8. The lowest BCUT2D eigenvalue weighted by Crippen LogP contribution is -2.50. The Morgan fingerprint density at radius 3 is 2.39 bits per heavy atom. The van der Waals surface area contributed by atoms with Crippen LogP contribution in [0.3, 0.4) is 0 Å². The van der Waals surface area contributed by atoms with Crippen molar-refractivity contribution < 1.29 is 14.3 Å². The number of piperazine rings is 1. The Kier molecular flexibility index (Phi) is 8.56. The van der Waals surface area contributed by atoms with Gasteiger partial charge < -0.3 is 19.9 Å². The first-order valence-corrected chi connectivity index (χ1v) is 12.1. The summed E-state index contributed by atoms with van der Waals surface area (Å²) in [6, 6.07) is 10.6. The molecule has 1 fully saturated rings. The number of benzene rings is 2. The predicted octanol–water partition coefficient (Wildman–Crippen LogP) is 4.54. The van der Waals surface area contributed by atoms with Crippen LogP contribution in [0.15, 0.2) is 40.9 Å². The number of amides is 2. The van der Waals surface area contributed by atoms with Crippen molar-refractivity contribution in [1.82, 2.24) is 10.2 Å². The minimum absolute atomic E-state index is 0.000990. The number of carbonyl (C=O) groups excluding carboxylic acids is 2. The highest BCUT2D eigenvalue weighted by Crippen LogP contribution is 2.30. The maximum atomic E-state index is 12.5. The average Bonchev–Trinajstić information content (AvgIpc) is 2.78. The van der Waals surface area contributed by atoms with Crippen molar-refractivity contribution >= 4 is 68.1 Å². The summed E-state index contributed by atoms with van der Waals surface area (Å²) in [5.74, 6) is 0.473. The smallest absolute Gasteiger partial charge is 0.257 e. The van der Waals surface area contributed by atoms with Gasteiger partial charge in [0, 0.05) is 43.3 Å². The molecule has 2 aromatic carbocycles. The molecule has 2 N–H and O–H groups in total. The molecule has 33 heavy (non-hydrogen) atoms. The topological polar surface area (TPSA) is 73.9 Å². The summed E-state index contributed by atoms with van der Waals surface area (Å²) in [7, 11) is 1.56. The van der Waals surface area contributed by atoms with E-state index in [1.807, 2.05) is 30.9 Å². The Bertz CT molecular complexity index is 1060. The Morgan fingerprint density at radius 2 is 1.82 bits per heavy atom. The van der Waals surface area contributed by atoms with Crippen molar-refractivity contribution in [2.75, 3.05) is 43.5 Å². The van der Waals surface area contributed by atoms with Crippen molar-refractivity contribution in [1.29, 1.82) is 0 Å². The van der Waals surface area contributed by atoms with Gasteiger partial charge in [0.1, 0.15) is 5.75 Å². The fourth-order valence-corrected chi connectivity index (χ4v) is 4.57. The second kappa shape index (κ2) is 11.2. The zero-order valence-electron chi connectivity index (χ0n) is 18.7. The first-order valence-electron chi connectivity index (χ1n) is 10.5. The molecule has 0 aromatic heterocycles. The van der Waals surface area contributed by atoms with Crippen LogP contribution in [-0.2, 0) is 4.79 Å². The molecular weight excluding hydrogens is 528 g/mol. The van der Waals surface area contributed by atoms with Gasteiger partial charge in [-0.1, -0.05) is 25.4 Å². The Labute approximate surface area is 212 Å². The fourth-order valence-electron chi connectivity index (χ4n) is 3.52. The number of hydrogen-bond donors (Lipinski definition) is 2. The van der Waals surface area contributed by atoms with Crippen LogP contribution in [0.25, 0.3) is 0 Å². The van der Waals surface area contributed by atoms with Gasteiger partial charge in [0.25, 0.3) is 5.91 Å². The third kappa shape index (κ3) is 6.37. The second-order valence-electron chi connectivity index (χ2n) is 7.89. The number of halogens is 2. The molecule has 1 aliphatic rings. The average molecular weight is 554 g/mol. The van der Waals surface area contributed by atoms with Gasteiger partial charge in [0.15, 0.2) is 5.11 Å². The lowest BCUT2D eigenvalue weighted by Gasteiger charge is -2.37. The van der Waals surface area contributed by atoms with Gasteiger partial charge in [0.05, 0.1) is 22.3 Å². The van der Waals surface area contributed by atoms with Gasteiger partial charge in [-0.3, -0.25) is 14.9 Å². The lowest BCUT2D eigenvalue weighted by atomic mass is 10.1. The van der Waals surface area contributed by atoms with Crippen LogP contribution < -0.4 is 20.3 Å². The number of hydrogen-bond acceptors (Lipinski definition) is 5. The molecule has 7 nitrogen and oxygen atoms in total. The van der Waals surface area contributed by atoms with E-state index in [2.05, 4.69) is 31.5 Å². The number of nitrogens with one attached hydrogen (secondary N) is 2. The number of nitrogens with zero attached hydrogens (tertiary/aromatic N) is 2. The molecule has 0 spiro atoms. The quantitative estimate of drug-likeness (QED) is 0.530.